The number of hydrogen-bond donors (Lipinski definition) is 1. The van der Waals surface area contributed by atoms with Gasteiger partial charge in [0.25, 0.3) is 5.91 Å². The van der Waals surface area contributed by atoms with Gasteiger partial charge in [0, 0.05) is 17.1 Å². The number of furan rings is 1. The quantitative estimate of drug-likeness (QED) is 0.326. The molecular weight excluding hydrogens is 482 g/mol. The molecule has 4 aromatic rings. The summed E-state index contributed by atoms with van der Waals surface area (Å²) in [6, 6.07) is 21.0. The summed E-state index contributed by atoms with van der Waals surface area (Å²) in [5.41, 5.74) is 2.70. The maximum atomic E-state index is 13.9. The first-order valence-electron chi connectivity index (χ1n) is 12.5. The van der Waals surface area contributed by atoms with E-state index in [1.54, 1.807) is 30.3 Å². The molecule has 0 radical (unpaired) electrons. The van der Waals surface area contributed by atoms with Crippen LogP contribution in [0.25, 0.3) is 11.0 Å². The lowest BCUT2D eigenvalue weighted by Gasteiger charge is -2.29. The third kappa shape index (κ3) is 3.91. The van der Waals surface area contributed by atoms with Crippen LogP contribution in [0.4, 0.5) is 5.69 Å². The Hall–Kier alpha value is -4.52. The Bertz CT molecular complexity index is 1570. The summed E-state index contributed by atoms with van der Waals surface area (Å²) in [5.74, 6) is -0.687. The number of nitrogens with zero attached hydrogens (tertiary/aromatic N) is 1. The van der Waals surface area contributed by atoms with Gasteiger partial charge in [-0.25, -0.2) is 0 Å². The van der Waals surface area contributed by atoms with Gasteiger partial charge in [-0.05, 0) is 40.8 Å². The smallest absolute Gasteiger partial charge is 0.294 e. The number of fused-ring (bicyclic) bond motifs is 2. The summed E-state index contributed by atoms with van der Waals surface area (Å²) < 4.78 is 17.2. The molecule has 3 heterocycles. The van der Waals surface area contributed by atoms with Gasteiger partial charge in [0.2, 0.25) is 5.78 Å². The highest BCUT2D eigenvalue weighted by molar-refractivity contribution is 6.20. The van der Waals surface area contributed by atoms with Crippen LogP contribution in [0, 0.1) is 0 Å². The highest BCUT2D eigenvalue weighted by Crippen LogP contribution is 2.45. The van der Waals surface area contributed by atoms with Crippen molar-refractivity contribution < 1.29 is 28.6 Å². The average molecular weight is 510 g/mol. The standard InChI is InChI=1S/C31H27NO6/c1-31(2,3)20-10-8-18(9-11-20)27-26(28(33)25-16-19-6-4-5-7-22(19)38-25)29(34)30(35)32(27)21-12-13-23-24(17-21)37-15-14-36-23/h4-13,16-17,27,34H,14-15H2,1-3H3. The third-order valence-corrected chi connectivity index (χ3v) is 7.00. The molecule has 2 aliphatic heterocycles. The van der Waals surface area contributed by atoms with Gasteiger partial charge in [-0.15, -0.1) is 0 Å². The predicted octanol–water partition coefficient (Wildman–Crippen LogP) is 6.28. The second kappa shape index (κ2) is 8.80. The van der Waals surface area contributed by atoms with E-state index in [9.17, 15) is 14.7 Å². The van der Waals surface area contributed by atoms with Crippen molar-refractivity contribution in [1.82, 2.24) is 0 Å². The Kier molecular flexibility index (Phi) is 5.52. The van der Waals surface area contributed by atoms with E-state index in [-0.39, 0.29) is 16.7 Å². The molecule has 38 heavy (non-hydrogen) atoms. The van der Waals surface area contributed by atoms with Gasteiger partial charge in [0.1, 0.15) is 18.8 Å². The van der Waals surface area contributed by atoms with Crippen molar-refractivity contribution in [2.24, 2.45) is 0 Å². The summed E-state index contributed by atoms with van der Waals surface area (Å²) in [6.45, 7) is 7.18. The summed E-state index contributed by atoms with van der Waals surface area (Å²) in [6.07, 6.45) is 0. The summed E-state index contributed by atoms with van der Waals surface area (Å²) in [5, 5.41) is 11.9. The van der Waals surface area contributed by atoms with E-state index in [4.69, 9.17) is 13.9 Å². The molecule has 192 valence electrons. The normalized spacial score (nSPS) is 17.4. The molecule has 1 amide bonds. The van der Waals surface area contributed by atoms with Gasteiger partial charge < -0.3 is 19.0 Å². The number of carbonyl (C=O) groups excluding carboxylic acids is 2. The highest BCUT2D eigenvalue weighted by atomic mass is 16.6. The number of rotatable bonds is 4. The molecule has 0 bridgehead atoms. The monoisotopic (exact) mass is 509 g/mol. The molecule has 0 spiro atoms. The van der Waals surface area contributed by atoms with Crippen LogP contribution in [0.1, 0.15) is 48.5 Å². The summed E-state index contributed by atoms with van der Waals surface area (Å²) >= 11 is 0. The first kappa shape index (κ1) is 23.9. The van der Waals surface area contributed by atoms with Crippen LogP contribution in [0.5, 0.6) is 11.5 Å². The number of para-hydroxylation sites is 1. The lowest BCUT2D eigenvalue weighted by atomic mass is 9.85. The first-order chi connectivity index (χ1) is 18.2. The van der Waals surface area contributed by atoms with Crippen LogP contribution < -0.4 is 14.4 Å². The number of ether oxygens (including phenoxy) is 2. The van der Waals surface area contributed by atoms with Gasteiger partial charge in [-0.1, -0.05) is 63.2 Å². The fraction of sp³-hybridized carbons (Fsp3) is 0.226. The second-order valence-electron chi connectivity index (χ2n) is 10.5. The van der Waals surface area contributed by atoms with Gasteiger partial charge >= 0.3 is 0 Å². The molecule has 1 unspecified atom stereocenters. The van der Waals surface area contributed by atoms with Gasteiger partial charge in [0.05, 0.1) is 11.6 Å². The van der Waals surface area contributed by atoms with Gasteiger partial charge in [-0.2, -0.15) is 0 Å². The molecule has 7 heteroatoms. The molecule has 1 atom stereocenters. The van der Waals surface area contributed by atoms with Crippen molar-refractivity contribution in [3.63, 3.8) is 0 Å². The minimum Gasteiger partial charge on any atom is -0.503 e. The molecule has 0 aliphatic carbocycles. The number of aliphatic hydroxyl groups is 1. The Labute approximate surface area is 219 Å². The number of anilines is 1. The molecule has 6 rings (SSSR count). The number of benzene rings is 3. The van der Waals surface area contributed by atoms with Crippen LogP contribution in [-0.4, -0.2) is 30.0 Å². The fourth-order valence-electron chi connectivity index (χ4n) is 4.99. The van der Waals surface area contributed by atoms with Crippen molar-refractivity contribution in [3.8, 4) is 11.5 Å². The van der Waals surface area contributed by atoms with E-state index in [0.29, 0.717) is 41.5 Å². The van der Waals surface area contributed by atoms with Crippen molar-refractivity contribution in [1.29, 1.82) is 0 Å². The SMILES string of the molecule is CC(C)(C)c1ccc(C2C(C(=O)c3cc4ccccc4o3)=C(O)C(=O)N2c2ccc3c(c2)OCCO3)cc1. The topological polar surface area (TPSA) is 89.2 Å². The molecule has 1 N–H and O–H groups in total. The van der Waals surface area contributed by atoms with Crippen LogP contribution in [0.15, 0.2) is 88.5 Å². The zero-order valence-corrected chi connectivity index (χ0v) is 21.4. The highest BCUT2D eigenvalue weighted by Gasteiger charge is 2.45. The second-order valence-corrected chi connectivity index (χ2v) is 10.5. The number of ketones is 1. The van der Waals surface area contributed by atoms with E-state index in [2.05, 4.69) is 20.8 Å². The number of aliphatic hydroxyl groups excluding tert-OH is 1. The van der Waals surface area contributed by atoms with Crippen LogP contribution in [-0.2, 0) is 10.2 Å². The minimum atomic E-state index is -0.875. The van der Waals surface area contributed by atoms with E-state index in [1.165, 1.54) is 4.90 Å². The molecule has 0 saturated carbocycles. The lowest BCUT2D eigenvalue weighted by molar-refractivity contribution is -0.117. The Morgan fingerprint density at radius 2 is 1.63 bits per heavy atom. The van der Waals surface area contributed by atoms with Crippen LogP contribution in [0.3, 0.4) is 0 Å². The molecule has 2 aliphatic rings. The molecule has 0 fully saturated rings. The van der Waals surface area contributed by atoms with Gasteiger partial charge in [-0.3, -0.25) is 14.5 Å². The molecule has 1 aromatic heterocycles. The van der Waals surface area contributed by atoms with Crippen LogP contribution in [0.2, 0.25) is 0 Å². The Morgan fingerprint density at radius 3 is 2.34 bits per heavy atom. The molecule has 3 aromatic carbocycles. The number of hydrogen-bond acceptors (Lipinski definition) is 6. The van der Waals surface area contributed by atoms with E-state index < -0.39 is 23.5 Å². The van der Waals surface area contributed by atoms with Crippen molar-refractivity contribution in [3.05, 3.63) is 101 Å². The van der Waals surface area contributed by atoms with Crippen LogP contribution >= 0.6 is 0 Å². The number of carbonyl (C=O) groups is 2. The maximum absolute atomic E-state index is 13.9. The summed E-state index contributed by atoms with van der Waals surface area (Å²) in [4.78, 5) is 28.8. The first-order valence-corrected chi connectivity index (χ1v) is 12.5. The number of Topliss-reactive ketones (excluding diaryl/α,β-unsaturated/α-hetero) is 1. The fourth-order valence-corrected chi connectivity index (χ4v) is 4.99. The number of amides is 1. The molecule has 0 saturated heterocycles. The van der Waals surface area contributed by atoms with Crippen molar-refractivity contribution in [2.75, 3.05) is 18.1 Å². The van der Waals surface area contributed by atoms with Crippen molar-refractivity contribution in [2.45, 2.75) is 32.2 Å². The third-order valence-electron chi connectivity index (χ3n) is 7.00. The van der Waals surface area contributed by atoms with Gasteiger partial charge in [0.15, 0.2) is 23.0 Å². The molecule has 7 nitrogen and oxygen atoms in total. The Morgan fingerprint density at radius 1 is 0.921 bits per heavy atom. The molecular formula is C31H27NO6. The Balaban J connectivity index is 1.48. The zero-order valence-electron chi connectivity index (χ0n) is 21.4. The van der Waals surface area contributed by atoms with E-state index >= 15 is 0 Å². The zero-order chi connectivity index (χ0) is 26.6. The summed E-state index contributed by atoms with van der Waals surface area (Å²) in [7, 11) is 0. The maximum Gasteiger partial charge on any atom is 0.294 e. The largest absolute Gasteiger partial charge is 0.503 e. The average Bonchev–Trinajstić information content (AvgIpc) is 3.46. The van der Waals surface area contributed by atoms with E-state index in [1.807, 2.05) is 42.5 Å². The predicted molar refractivity (Wildman–Crippen MR) is 143 cm³/mol. The lowest BCUT2D eigenvalue weighted by Crippen LogP contribution is -2.31. The van der Waals surface area contributed by atoms with E-state index in [0.717, 1.165) is 10.9 Å². The van der Waals surface area contributed by atoms with Crippen molar-refractivity contribution >= 4 is 28.3 Å². The minimum absolute atomic E-state index is 0.0348.